The first kappa shape index (κ1) is 8.58. The van der Waals surface area contributed by atoms with Gasteiger partial charge in [-0.15, -0.1) is 0 Å². The number of amides is 1. The smallest absolute Gasteiger partial charge is 0.422 e. The van der Waals surface area contributed by atoms with Crippen LogP contribution in [0.5, 0.6) is 0 Å². The van der Waals surface area contributed by atoms with E-state index in [-0.39, 0.29) is 12.1 Å². The van der Waals surface area contributed by atoms with E-state index in [9.17, 15) is 4.79 Å². The molecule has 1 amide bonds. The van der Waals surface area contributed by atoms with Crippen LogP contribution in [0.3, 0.4) is 0 Å². The van der Waals surface area contributed by atoms with Gasteiger partial charge in [-0.05, 0) is 0 Å². The molecule has 1 heterocycles. The van der Waals surface area contributed by atoms with E-state index < -0.39 is 6.09 Å². The fourth-order valence-electron chi connectivity index (χ4n) is 0.566. The minimum atomic E-state index is -0.577. The van der Waals surface area contributed by atoms with Gasteiger partial charge in [0.1, 0.15) is 0 Å². The molecule has 1 aliphatic rings. The average Bonchev–Trinajstić information content (AvgIpc) is 1.85. The van der Waals surface area contributed by atoms with Crippen LogP contribution in [0.4, 0.5) is 4.79 Å². The van der Waals surface area contributed by atoms with Crippen LogP contribution in [0.2, 0.25) is 0 Å². The quantitative estimate of drug-likeness (QED) is 0.467. The Balaban J connectivity index is 1.96. The van der Waals surface area contributed by atoms with Crippen LogP contribution >= 0.6 is 11.6 Å². The maximum atomic E-state index is 10.6. The summed E-state index contributed by atoms with van der Waals surface area (Å²) in [7, 11) is 0. The molecule has 6 heteroatoms. The van der Waals surface area contributed by atoms with Crippen LogP contribution < -0.4 is 10.9 Å². The highest BCUT2D eigenvalue weighted by Gasteiger charge is 2.18. The number of alkyl halides is 1. The highest BCUT2D eigenvalue weighted by molar-refractivity contribution is 6.17. The third-order valence-corrected chi connectivity index (χ3v) is 1.31. The van der Waals surface area contributed by atoms with Gasteiger partial charge in [-0.25, -0.2) is 10.2 Å². The van der Waals surface area contributed by atoms with Crippen molar-refractivity contribution in [2.45, 2.75) is 6.04 Å². The molecule has 1 saturated heterocycles. The maximum absolute atomic E-state index is 10.6. The molecule has 0 unspecified atom stereocenters. The van der Waals surface area contributed by atoms with Gasteiger partial charge in [0.05, 0.1) is 19.3 Å². The Morgan fingerprint density at radius 1 is 1.73 bits per heavy atom. The Hall–Kier alpha value is -0.520. The van der Waals surface area contributed by atoms with Gasteiger partial charge in [-0.3, -0.25) is 5.43 Å². The van der Waals surface area contributed by atoms with Crippen molar-refractivity contribution in [2.24, 2.45) is 0 Å². The van der Waals surface area contributed by atoms with Gasteiger partial charge in [0, 0.05) is 0 Å². The minimum absolute atomic E-state index is 0.144. The molecule has 0 aromatic carbocycles. The Morgan fingerprint density at radius 3 is 2.91 bits per heavy atom. The van der Waals surface area contributed by atoms with Crippen molar-refractivity contribution in [1.29, 1.82) is 0 Å². The molecule has 64 valence electrons. The largest absolute Gasteiger partial charge is 0.432 e. The van der Waals surface area contributed by atoms with Gasteiger partial charge in [-0.2, -0.15) is 0 Å². The van der Waals surface area contributed by atoms with E-state index in [0.29, 0.717) is 13.2 Å². The van der Waals surface area contributed by atoms with Crippen LogP contribution in [-0.2, 0) is 9.47 Å². The van der Waals surface area contributed by atoms with Crippen molar-refractivity contribution < 1.29 is 14.3 Å². The zero-order valence-electron chi connectivity index (χ0n) is 5.80. The molecule has 0 aliphatic carbocycles. The molecule has 2 N–H and O–H groups in total. The van der Waals surface area contributed by atoms with E-state index in [4.69, 9.17) is 16.3 Å². The molecule has 0 aromatic rings. The minimum Gasteiger partial charge on any atom is -0.432 e. The van der Waals surface area contributed by atoms with Crippen LogP contribution in [0.15, 0.2) is 0 Å². The van der Waals surface area contributed by atoms with E-state index in [2.05, 4.69) is 15.6 Å². The van der Waals surface area contributed by atoms with E-state index in [1.807, 2.05) is 0 Å². The van der Waals surface area contributed by atoms with Gasteiger partial charge in [-0.1, -0.05) is 11.6 Å². The monoisotopic (exact) mass is 180 g/mol. The summed E-state index contributed by atoms with van der Waals surface area (Å²) in [6.07, 6.45) is -0.577. The summed E-state index contributed by atoms with van der Waals surface area (Å²) >= 11 is 5.12. The molecule has 0 atom stereocenters. The highest BCUT2D eigenvalue weighted by Crippen LogP contribution is 1.97. The van der Waals surface area contributed by atoms with Gasteiger partial charge >= 0.3 is 6.09 Å². The summed E-state index contributed by atoms with van der Waals surface area (Å²) in [6, 6.07) is 0.0483. The third-order valence-electron chi connectivity index (χ3n) is 1.20. The SMILES string of the molecule is O=C(NNC1COC1)OCCl. The number of rotatable bonds is 3. The Kier molecular flexibility index (Phi) is 3.41. The molecule has 0 spiro atoms. The maximum Gasteiger partial charge on any atom is 0.422 e. The molecular weight excluding hydrogens is 172 g/mol. The molecular formula is C5H9ClN2O3. The van der Waals surface area contributed by atoms with Gasteiger partial charge < -0.3 is 9.47 Å². The van der Waals surface area contributed by atoms with Crippen LogP contribution in [0.25, 0.3) is 0 Å². The summed E-state index contributed by atoms with van der Waals surface area (Å²) in [5.74, 6) is 0. The number of ether oxygens (including phenoxy) is 2. The van der Waals surface area contributed by atoms with Crippen molar-refractivity contribution in [3.63, 3.8) is 0 Å². The van der Waals surface area contributed by atoms with E-state index >= 15 is 0 Å². The number of nitrogens with one attached hydrogen (secondary N) is 2. The normalized spacial score (nSPS) is 17.2. The topological polar surface area (TPSA) is 59.6 Å². The van der Waals surface area contributed by atoms with Crippen LogP contribution in [0, 0.1) is 0 Å². The lowest BCUT2D eigenvalue weighted by atomic mass is 10.3. The van der Waals surface area contributed by atoms with Crippen LogP contribution in [0.1, 0.15) is 0 Å². The summed E-state index contributed by atoms with van der Waals surface area (Å²) in [4.78, 5) is 10.6. The molecule has 1 rings (SSSR count). The first-order valence-corrected chi connectivity index (χ1v) is 3.68. The zero-order chi connectivity index (χ0) is 8.10. The Morgan fingerprint density at radius 2 is 2.45 bits per heavy atom. The third kappa shape index (κ3) is 2.92. The summed E-state index contributed by atoms with van der Waals surface area (Å²) in [5, 5.41) is 0. The molecule has 0 bridgehead atoms. The number of hydrogen-bond acceptors (Lipinski definition) is 4. The van der Waals surface area contributed by atoms with E-state index in [1.54, 1.807) is 0 Å². The number of halogens is 1. The van der Waals surface area contributed by atoms with Gasteiger partial charge in [0.15, 0.2) is 6.07 Å². The van der Waals surface area contributed by atoms with Crippen LogP contribution in [-0.4, -0.2) is 31.4 Å². The fourth-order valence-corrected chi connectivity index (χ4v) is 0.665. The zero-order valence-corrected chi connectivity index (χ0v) is 6.56. The number of hydrogen-bond donors (Lipinski definition) is 2. The molecule has 0 saturated carbocycles. The molecule has 11 heavy (non-hydrogen) atoms. The predicted molar refractivity (Wildman–Crippen MR) is 38.1 cm³/mol. The molecule has 1 fully saturated rings. The van der Waals surface area contributed by atoms with E-state index in [1.165, 1.54) is 0 Å². The number of hydrazine groups is 1. The summed E-state index contributed by atoms with van der Waals surface area (Å²) < 4.78 is 9.22. The average molecular weight is 181 g/mol. The Labute approximate surface area is 69.0 Å². The molecule has 0 aromatic heterocycles. The Bertz CT molecular complexity index is 140. The summed E-state index contributed by atoms with van der Waals surface area (Å²) in [6.45, 7) is 1.22. The first-order chi connectivity index (χ1) is 5.33. The van der Waals surface area contributed by atoms with Crippen molar-refractivity contribution in [3.05, 3.63) is 0 Å². The molecule has 1 aliphatic heterocycles. The first-order valence-electron chi connectivity index (χ1n) is 3.15. The second-order valence-electron chi connectivity index (χ2n) is 2.04. The number of carbonyl (C=O) groups excluding carboxylic acids is 1. The fraction of sp³-hybridized carbons (Fsp3) is 0.800. The molecule has 5 nitrogen and oxygen atoms in total. The summed E-state index contributed by atoms with van der Waals surface area (Å²) in [5.41, 5.74) is 5.01. The lowest BCUT2D eigenvalue weighted by Gasteiger charge is -2.26. The second kappa shape index (κ2) is 4.38. The number of carbonyl (C=O) groups is 1. The lowest BCUT2D eigenvalue weighted by Crippen LogP contribution is -2.53. The highest BCUT2D eigenvalue weighted by atomic mass is 35.5. The molecule has 0 radical (unpaired) electrons. The second-order valence-corrected chi connectivity index (χ2v) is 2.26. The van der Waals surface area contributed by atoms with E-state index in [0.717, 1.165) is 0 Å². The van der Waals surface area contributed by atoms with Gasteiger partial charge in [0.25, 0.3) is 0 Å². The van der Waals surface area contributed by atoms with Crippen molar-refractivity contribution in [3.8, 4) is 0 Å². The van der Waals surface area contributed by atoms with Gasteiger partial charge in [0.2, 0.25) is 0 Å². The van der Waals surface area contributed by atoms with Crippen molar-refractivity contribution >= 4 is 17.7 Å². The predicted octanol–water partition coefficient (Wildman–Crippen LogP) is -0.188. The lowest BCUT2D eigenvalue weighted by molar-refractivity contribution is -0.0109. The standard InChI is InChI=1S/C5H9ClN2O3/c6-3-11-5(9)8-7-4-1-10-2-4/h4,7H,1-3H2,(H,8,9). The van der Waals surface area contributed by atoms with Crippen molar-refractivity contribution in [1.82, 2.24) is 10.9 Å². The van der Waals surface area contributed by atoms with Crippen molar-refractivity contribution in [2.75, 3.05) is 19.3 Å².